The lowest BCUT2D eigenvalue weighted by atomic mass is 10.1. The maximum Gasteiger partial charge on any atom is 0.340 e. The van der Waals surface area contributed by atoms with Crippen molar-refractivity contribution in [1.29, 1.82) is 0 Å². The fraction of sp³-hybridized carbons (Fsp3) is 0.174. The number of benzene rings is 2. The van der Waals surface area contributed by atoms with Gasteiger partial charge >= 0.3 is 5.97 Å². The zero-order chi connectivity index (χ0) is 22.1. The van der Waals surface area contributed by atoms with Crippen LogP contribution in [-0.4, -0.2) is 21.8 Å². The van der Waals surface area contributed by atoms with E-state index in [1.807, 2.05) is 50.2 Å². The molecule has 6 nitrogen and oxygen atoms in total. The smallest absolute Gasteiger partial charge is 0.340 e. The third-order valence-corrected chi connectivity index (χ3v) is 6.45. The van der Waals surface area contributed by atoms with Crippen LogP contribution in [-0.2, 0) is 16.1 Å². The number of carbonyl (C=O) groups excluding carboxylic acids is 2. The molecule has 0 spiro atoms. The number of rotatable bonds is 5. The van der Waals surface area contributed by atoms with Gasteiger partial charge in [0.05, 0.1) is 16.9 Å². The number of halogens is 1. The molecule has 158 valence electrons. The van der Waals surface area contributed by atoms with Gasteiger partial charge < -0.3 is 9.72 Å². The van der Waals surface area contributed by atoms with E-state index in [0.29, 0.717) is 16.4 Å². The summed E-state index contributed by atoms with van der Waals surface area (Å²) in [7, 11) is 0. The van der Waals surface area contributed by atoms with Crippen LogP contribution in [0.4, 0.5) is 10.8 Å². The number of nitrogens with one attached hydrogen (secondary N) is 1. The Bertz CT molecular complexity index is 1290. The number of ether oxygens (including phenoxy) is 1. The van der Waals surface area contributed by atoms with Gasteiger partial charge in [0, 0.05) is 33.9 Å². The summed E-state index contributed by atoms with van der Waals surface area (Å²) in [5.41, 5.74) is 4.83. The Morgan fingerprint density at radius 2 is 2.03 bits per heavy atom. The predicted molar refractivity (Wildman–Crippen MR) is 126 cm³/mol. The van der Waals surface area contributed by atoms with Crippen molar-refractivity contribution in [2.75, 3.05) is 4.90 Å². The Morgan fingerprint density at radius 1 is 1.23 bits per heavy atom. The van der Waals surface area contributed by atoms with Gasteiger partial charge in [0.1, 0.15) is 6.61 Å². The molecule has 0 unspecified atom stereocenters. The molecule has 0 aliphatic heterocycles. The Hall–Kier alpha value is -2.97. The molecule has 1 amide bonds. The van der Waals surface area contributed by atoms with Gasteiger partial charge in [0.25, 0.3) is 0 Å². The molecular weight excluding hydrogens is 478 g/mol. The molecule has 1 N–H and O–H groups in total. The van der Waals surface area contributed by atoms with Crippen molar-refractivity contribution in [3.8, 4) is 0 Å². The zero-order valence-corrected chi connectivity index (χ0v) is 19.6. The average molecular weight is 498 g/mol. The predicted octanol–water partition coefficient (Wildman–Crippen LogP) is 6.05. The second kappa shape index (κ2) is 8.64. The van der Waals surface area contributed by atoms with E-state index < -0.39 is 5.97 Å². The molecule has 8 heteroatoms. The van der Waals surface area contributed by atoms with Crippen molar-refractivity contribution >= 4 is 60.9 Å². The SMILES string of the molecule is CC(=O)N(c1nc(COC(=O)c2c[nH]c3ccc(Br)cc23)cs1)c1cccc(C)c1C. The van der Waals surface area contributed by atoms with E-state index in [9.17, 15) is 9.59 Å². The van der Waals surface area contributed by atoms with Crippen LogP contribution in [0.15, 0.2) is 52.4 Å². The minimum Gasteiger partial charge on any atom is -0.455 e. The summed E-state index contributed by atoms with van der Waals surface area (Å²) in [4.78, 5) is 34.2. The summed E-state index contributed by atoms with van der Waals surface area (Å²) in [5.74, 6) is -0.562. The number of hydrogen-bond acceptors (Lipinski definition) is 5. The number of hydrogen-bond donors (Lipinski definition) is 1. The monoisotopic (exact) mass is 497 g/mol. The lowest BCUT2D eigenvalue weighted by molar-refractivity contribution is -0.115. The third-order valence-electron chi connectivity index (χ3n) is 5.08. The first-order valence-corrected chi connectivity index (χ1v) is 11.3. The van der Waals surface area contributed by atoms with Crippen LogP contribution in [0.3, 0.4) is 0 Å². The van der Waals surface area contributed by atoms with Crippen molar-refractivity contribution in [2.45, 2.75) is 27.4 Å². The topological polar surface area (TPSA) is 75.3 Å². The second-order valence-corrected chi connectivity index (χ2v) is 8.92. The van der Waals surface area contributed by atoms with E-state index in [0.717, 1.165) is 32.2 Å². The number of amides is 1. The minimum atomic E-state index is -0.433. The first-order valence-electron chi connectivity index (χ1n) is 9.60. The zero-order valence-electron chi connectivity index (χ0n) is 17.2. The van der Waals surface area contributed by atoms with E-state index in [-0.39, 0.29) is 12.5 Å². The highest BCUT2D eigenvalue weighted by Gasteiger charge is 2.21. The van der Waals surface area contributed by atoms with E-state index >= 15 is 0 Å². The fourth-order valence-corrected chi connectivity index (χ4v) is 4.56. The van der Waals surface area contributed by atoms with Crippen LogP contribution in [0, 0.1) is 13.8 Å². The number of aromatic nitrogens is 2. The molecular formula is C23H20BrN3O3S. The standard InChI is InChI=1S/C23H20BrN3O3S/c1-13-5-4-6-21(14(13)2)27(15(3)28)23-26-17(12-31-23)11-30-22(29)19-10-25-20-8-7-16(24)9-18(19)20/h4-10,12,25H,11H2,1-3H3. The molecule has 31 heavy (non-hydrogen) atoms. The summed E-state index contributed by atoms with van der Waals surface area (Å²) in [6.07, 6.45) is 1.64. The summed E-state index contributed by atoms with van der Waals surface area (Å²) < 4.78 is 6.37. The highest BCUT2D eigenvalue weighted by atomic mass is 79.9. The highest BCUT2D eigenvalue weighted by molar-refractivity contribution is 9.10. The molecule has 0 saturated heterocycles. The molecule has 0 atom stereocenters. The van der Waals surface area contributed by atoms with Gasteiger partial charge in [-0.1, -0.05) is 28.1 Å². The van der Waals surface area contributed by atoms with Gasteiger partial charge in [-0.15, -0.1) is 11.3 Å². The van der Waals surface area contributed by atoms with Gasteiger partial charge in [0.2, 0.25) is 5.91 Å². The summed E-state index contributed by atoms with van der Waals surface area (Å²) in [5, 5.41) is 3.13. The highest BCUT2D eigenvalue weighted by Crippen LogP contribution is 2.32. The van der Waals surface area contributed by atoms with Gasteiger partial charge in [0.15, 0.2) is 5.13 Å². The maximum absolute atomic E-state index is 12.6. The number of nitrogens with zero attached hydrogens (tertiary/aromatic N) is 2. The largest absolute Gasteiger partial charge is 0.455 e. The van der Waals surface area contributed by atoms with Gasteiger partial charge in [-0.25, -0.2) is 9.78 Å². The normalized spacial score (nSPS) is 11.0. The Kier molecular flexibility index (Phi) is 5.93. The molecule has 2 aromatic carbocycles. The molecule has 4 rings (SSSR count). The van der Waals surface area contributed by atoms with Crippen LogP contribution < -0.4 is 4.90 Å². The van der Waals surface area contributed by atoms with E-state index in [1.54, 1.807) is 16.5 Å². The first-order chi connectivity index (χ1) is 14.8. The quantitative estimate of drug-likeness (QED) is 0.340. The van der Waals surface area contributed by atoms with Crippen LogP contribution in [0.25, 0.3) is 10.9 Å². The number of H-pyrrole nitrogens is 1. The van der Waals surface area contributed by atoms with Gasteiger partial charge in [-0.2, -0.15) is 0 Å². The molecule has 0 fully saturated rings. The third kappa shape index (κ3) is 4.26. The van der Waals surface area contributed by atoms with E-state index in [4.69, 9.17) is 4.74 Å². The van der Waals surface area contributed by atoms with Crippen LogP contribution in [0.2, 0.25) is 0 Å². The number of fused-ring (bicyclic) bond motifs is 1. The average Bonchev–Trinajstić information content (AvgIpc) is 3.36. The molecule has 2 heterocycles. The number of aryl methyl sites for hydroxylation is 1. The minimum absolute atomic E-state index is 0.0224. The van der Waals surface area contributed by atoms with Crippen molar-refractivity contribution in [1.82, 2.24) is 9.97 Å². The molecule has 0 bridgehead atoms. The molecule has 4 aromatic rings. The molecule has 0 radical (unpaired) electrons. The number of aromatic amines is 1. The number of anilines is 2. The Morgan fingerprint density at radius 3 is 2.81 bits per heavy atom. The van der Waals surface area contributed by atoms with Crippen LogP contribution in [0.1, 0.15) is 34.1 Å². The molecule has 0 aliphatic rings. The molecule has 2 aromatic heterocycles. The maximum atomic E-state index is 12.6. The van der Waals surface area contributed by atoms with E-state index in [1.165, 1.54) is 18.3 Å². The lowest BCUT2D eigenvalue weighted by Crippen LogP contribution is -2.23. The summed E-state index contributed by atoms with van der Waals surface area (Å²) in [6.45, 7) is 5.52. The second-order valence-electron chi connectivity index (χ2n) is 7.16. The van der Waals surface area contributed by atoms with Crippen LogP contribution in [0.5, 0.6) is 0 Å². The molecule has 0 saturated carbocycles. The lowest BCUT2D eigenvalue weighted by Gasteiger charge is -2.21. The van der Waals surface area contributed by atoms with Gasteiger partial charge in [-0.05, 0) is 49.2 Å². The summed E-state index contributed by atoms with van der Waals surface area (Å²) >= 11 is 4.77. The number of esters is 1. The van der Waals surface area contributed by atoms with E-state index in [2.05, 4.69) is 25.9 Å². The van der Waals surface area contributed by atoms with Crippen molar-refractivity contribution in [3.63, 3.8) is 0 Å². The van der Waals surface area contributed by atoms with Crippen molar-refractivity contribution in [3.05, 3.63) is 74.8 Å². The number of thiazole rings is 1. The Balaban J connectivity index is 1.53. The molecule has 0 aliphatic carbocycles. The first kappa shape index (κ1) is 21.3. The fourth-order valence-electron chi connectivity index (χ4n) is 3.33. The number of carbonyl (C=O) groups is 2. The van der Waals surface area contributed by atoms with Crippen molar-refractivity contribution in [2.24, 2.45) is 0 Å². The Labute approximate surface area is 192 Å². The summed E-state index contributed by atoms with van der Waals surface area (Å²) in [6, 6.07) is 11.5. The van der Waals surface area contributed by atoms with Gasteiger partial charge in [-0.3, -0.25) is 9.69 Å². The van der Waals surface area contributed by atoms with Crippen LogP contribution >= 0.6 is 27.3 Å². The van der Waals surface area contributed by atoms with Crippen molar-refractivity contribution < 1.29 is 14.3 Å².